The highest BCUT2D eigenvalue weighted by Crippen LogP contribution is 2.20. The summed E-state index contributed by atoms with van der Waals surface area (Å²) in [4.78, 5) is 0. The maximum Gasteiger partial charge on any atom is 0.522 e. The van der Waals surface area contributed by atoms with Crippen LogP contribution in [0.4, 0.5) is 17.6 Å². The predicted molar refractivity (Wildman–Crippen MR) is 83.2 cm³/mol. The van der Waals surface area contributed by atoms with Gasteiger partial charge in [-0.05, 0) is 46.9 Å². The SMILES string of the molecule is Fc1ccccc1.Ic1ccccc1.O=S(=O)(O)C(F)(F)F. The number of hydrogen-bond donors (Lipinski definition) is 1. The van der Waals surface area contributed by atoms with Crippen LogP contribution in [0.25, 0.3) is 0 Å². The lowest BCUT2D eigenvalue weighted by atomic mass is 10.4. The fourth-order valence-electron chi connectivity index (χ4n) is 0.829. The van der Waals surface area contributed by atoms with Gasteiger partial charge in [-0.2, -0.15) is 21.6 Å². The lowest BCUT2D eigenvalue weighted by Crippen LogP contribution is -2.21. The average Bonchev–Trinajstić information content (AvgIpc) is 2.39. The number of benzene rings is 2. The second kappa shape index (κ2) is 9.74. The van der Waals surface area contributed by atoms with Crippen LogP contribution in [-0.4, -0.2) is 18.5 Å². The molecule has 0 spiro atoms. The van der Waals surface area contributed by atoms with Crippen LogP contribution in [0.15, 0.2) is 60.7 Å². The third-order valence-corrected chi connectivity index (χ3v) is 3.06. The molecular weight excluding hydrogens is 439 g/mol. The highest BCUT2D eigenvalue weighted by Gasteiger charge is 2.44. The van der Waals surface area contributed by atoms with Gasteiger partial charge in [-0.3, -0.25) is 4.55 Å². The molecule has 0 bridgehead atoms. The fraction of sp³-hybridized carbons (Fsp3) is 0.0769. The summed E-state index contributed by atoms with van der Waals surface area (Å²) in [5, 5.41) is 0. The van der Waals surface area contributed by atoms with Crippen LogP contribution in [0.3, 0.4) is 0 Å². The molecule has 2 aromatic rings. The molecule has 3 nitrogen and oxygen atoms in total. The molecule has 0 aromatic heterocycles. The van der Waals surface area contributed by atoms with E-state index in [9.17, 15) is 17.6 Å². The van der Waals surface area contributed by atoms with Crippen molar-refractivity contribution >= 4 is 32.7 Å². The number of alkyl halides is 3. The van der Waals surface area contributed by atoms with E-state index in [1.54, 1.807) is 18.2 Å². The molecule has 0 fully saturated rings. The van der Waals surface area contributed by atoms with E-state index in [1.807, 2.05) is 18.2 Å². The van der Waals surface area contributed by atoms with Gasteiger partial charge in [0, 0.05) is 3.57 Å². The number of rotatable bonds is 0. The predicted octanol–water partition coefficient (Wildman–Crippen LogP) is 4.51. The van der Waals surface area contributed by atoms with Gasteiger partial charge in [0.2, 0.25) is 0 Å². The van der Waals surface area contributed by atoms with Crippen molar-refractivity contribution < 1.29 is 30.5 Å². The monoisotopic (exact) mass is 450 g/mol. The van der Waals surface area contributed by atoms with Crippen molar-refractivity contribution in [1.29, 1.82) is 0 Å². The zero-order valence-corrected chi connectivity index (χ0v) is 13.8. The molecular formula is C13H11F4IO3S. The van der Waals surface area contributed by atoms with Gasteiger partial charge in [0.15, 0.2) is 0 Å². The molecule has 1 N–H and O–H groups in total. The van der Waals surface area contributed by atoms with Crippen LogP contribution in [-0.2, 0) is 10.1 Å². The smallest absolute Gasteiger partial charge is 0.279 e. The fourth-order valence-corrected chi connectivity index (χ4v) is 1.24. The van der Waals surface area contributed by atoms with E-state index in [2.05, 4.69) is 34.7 Å². The van der Waals surface area contributed by atoms with E-state index in [-0.39, 0.29) is 5.82 Å². The first-order valence-electron chi connectivity index (χ1n) is 5.49. The summed E-state index contributed by atoms with van der Waals surface area (Å²) in [6.45, 7) is 0. The van der Waals surface area contributed by atoms with Crippen molar-refractivity contribution in [3.05, 3.63) is 70.1 Å². The Labute approximate surface area is 138 Å². The molecule has 0 aliphatic heterocycles. The summed E-state index contributed by atoms with van der Waals surface area (Å²) in [6, 6.07) is 18.2. The van der Waals surface area contributed by atoms with Gasteiger partial charge in [0.25, 0.3) is 0 Å². The first-order chi connectivity index (χ1) is 10.0. The molecule has 9 heteroatoms. The highest BCUT2D eigenvalue weighted by atomic mass is 127. The Kier molecular flexibility index (Phi) is 9.21. The Morgan fingerprint density at radius 1 is 0.864 bits per heavy atom. The largest absolute Gasteiger partial charge is 0.522 e. The van der Waals surface area contributed by atoms with Crippen LogP contribution in [0.5, 0.6) is 0 Å². The molecule has 0 aliphatic rings. The van der Waals surface area contributed by atoms with Crippen molar-refractivity contribution in [1.82, 2.24) is 0 Å². The van der Waals surface area contributed by atoms with Crippen molar-refractivity contribution in [2.45, 2.75) is 5.51 Å². The summed E-state index contributed by atoms with van der Waals surface area (Å²) in [6.07, 6.45) is 0. The molecule has 0 saturated carbocycles. The Bertz CT molecular complexity index is 594. The molecule has 0 amide bonds. The standard InChI is InChI=1S/C6H5F.C6H5I.CHF3O3S/c2*7-6-4-2-1-3-5-6;2-1(3,4)8(5,6)7/h2*1-5H;(H,5,6,7). The van der Waals surface area contributed by atoms with Gasteiger partial charge in [-0.25, -0.2) is 4.39 Å². The van der Waals surface area contributed by atoms with Crippen molar-refractivity contribution in [2.75, 3.05) is 0 Å². The van der Waals surface area contributed by atoms with Crippen molar-refractivity contribution in [3.63, 3.8) is 0 Å². The second-order valence-corrected chi connectivity index (χ2v) is 6.17. The second-order valence-electron chi connectivity index (χ2n) is 3.51. The van der Waals surface area contributed by atoms with Crippen LogP contribution in [0.2, 0.25) is 0 Å². The third-order valence-electron chi connectivity index (χ3n) is 1.76. The maximum absolute atomic E-state index is 11.9. The van der Waals surface area contributed by atoms with Crippen LogP contribution in [0, 0.1) is 9.39 Å². The minimum atomic E-state index is -5.84. The van der Waals surface area contributed by atoms with Crippen LogP contribution in [0.1, 0.15) is 0 Å². The van der Waals surface area contributed by atoms with E-state index < -0.39 is 15.6 Å². The van der Waals surface area contributed by atoms with Crippen molar-refractivity contribution in [3.8, 4) is 0 Å². The zero-order chi connectivity index (χ0) is 17.2. The van der Waals surface area contributed by atoms with Gasteiger partial charge in [-0.1, -0.05) is 36.4 Å². The molecule has 0 radical (unpaired) electrons. The Hall–Kier alpha value is -1.20. The van der Waals surface area contributed by atoms with E-state index in [0.29, 0.717) is 0 Å². The van der Waals surface area contributed by atoms with Crippen LogP contribution < -0.4 is 0 Å². The summed E-state index contributed by atoms with van der Waals surface area (Å²) in [5.74, 6) is -0.178. The molecule has 22 heavy (non-hydrogen) atoms. The molecule has 122 valence electrons. The van der Waals surface area contributed by atoms with E-state index in [0.717, 1.165) is 0 Å². The quantitative estimate of drug-likeness (QED) is 0.278. The summed E-state index contributed by atoms with van der Waals surface area (Å²) in [5.41, 5.74) is -5.53. The van der Waals surface area contributed by atoms with Crippen LogP contribution >= 0.6 is 22.6 Å². The number of hydrogen-bond acceptors (Lipinski definition) is 2. The summed E-state index contributed by atoms with van der Waals surface area (Å²) in [7, 11) is -5.84. The molecule has 0 heterocycles. The van der Waals surface area contributed by atoms with Gasteiger partial charge < -0.3 is 0 Å². The molecule has 2 rings (SSSR count). The lowest BCUT2D eigenvalue weighted by molar-refractivity contribution is -0.0510. The van der Waals surface area contributed by atoms with Crippen molar-refractivity contribution in [2.24, 2.45) is 0 Å². The summed E-state index contributed by atoms with van der Waals surface area (Å²) >= 11 is 2.28. The van der Waals surface area contributed by atoms with E-state index >= 15 is 0 Å². The average molecular weight is 450 g/mol. The normalized spacial score (nSPS) is 10.6. The Morgan fingerprint density at radius 2 is 1.18 bits per heavy atom. The molecule has 0 atom stereocenters. The highest BCUT2D eigenvalue weighted by molar-refractivity contribution is 14.1. The third kappa shape index (κ3) is 10.5. The van der Waals surface area contributed by atoms with Gasteiger partial charge in [-0.15, -0.1) is 0 Å². The Balaban J connectivity index is 0.000000301. The molecule has 0 unspecified atom stereocenters. The van der Waals surface area contributed by atoms with Gasteiger partial charge in [0.1, 0.15) is 5.82 Å². The summed E-state index contributed by atoms with van der Waals surface area (Å²) < 4.78 is 70.7. The minimum Gasteiger partial charge on any atom is -0.279 e. The lowest BCUT2D eigenvalue weighted by Gasteiger charge is -1.97. The molecule has 2 aromatic carbocycles. The molecule has 0 saturated heterocycles. The van der Waals surface area contributed by atoms with E-state index in [1.165, 1.54) is 15.7 Å². The Morgan fingerprint density at radius 3 is 1.32 bits per heavy atom. The van der Waals surface area contributed by atoms with Gasteiger partial charge >= 0.3 is 15.6 Å². The van der Waals surface area contributed by atoms with E-state index in [4.69, 9.17) is 13.0 Å². The maximum atomic E-state index is 11.9. The first kappa shape index (κ1) is 20.8. The first-order valence-corrected chi connectivity index (χ1v) is 8.01. The number of halogens is 5. The van der Waals surface area contributed by atoms with Gasteiger partial charge in [0.05, 0.1) is 0 Å². The minimum absolute atomic E-state index is 0.178. The zero-order valence-electron chi connectivity index (χ0n) is 10.8. The topological polar surface area (TPSA) is 54.4 Å². The molecule has 0 aliphatic carbocycles.